The van der Waals surface area contributed by atoms with E-state index in [2.05, 4.69) is 0 Å². The van der Waals surface area contributed by atoms with Crippen LogP contribution in [-0.2, 0) is 20.7 Å². The lowest BCUT2D eigenvalue weighted by molar-refractivity contribution is -0.163. The van der Waals surface area contributed by atoms with Crippen LogP contribution in [0.4, 0.5) is 0 Å². The molecule has 0 radical (unpaired) electrons. The summed E-state index contributed by atoms with van der Waals surface area (Å²) in [5, 5.41) is 0.626. The highest BCUT2D eigenvalue weighted by Crippen LogP contribution is 2.25. The summed E-state index contributed by atoms with van der Waals surface area (Å²) in [7, 11) is 0. The molecule has 2 N–H and O–H groups in total. The first-order valence-electron chi connectivity index (χ1n) is 6.82. The van der Waals surface area contributed by atoms with E-state index < -0.39 is 18.0 Å². The summed E-state index contributed by atoms with van der Waals surface area (Å²) in [5.74, 6) is -1.22. The molecule has 108 valence electrons. The monoisotopic (exact) mass is 295 g/mol. The molecule has 0 amide bonds. The van der Waals surface area contributed by atoms with Crippen LogP contribution in [0.3, 0.4) is 0 Å². The van der Waals surface area contributed by atoms with Crippen molar-refractivity contribution in [1.82, 2.24) is 0 Å². The van der Waals surface area contributed by atoms with Crippen LogP contribution < -0.4 is 5.73 Å². The fraction of sp³-hybridized carbons (Fsp3) is 0.467. The highest BCUT2D eigenvalue weighted by atomic mass is 35.5. The lowest BCUT2D eigenvalue weighted by atomic mass is 10.1. The maximum atomic E-state index is 11.8. The van der Waals surface area contributed by atoms with Crippen molar-refractivity contribution in [3.63, 3.8) is 0 Å². The molecule has 0 aliphatic heterocycles. The molecule has 0 heterocycles. The van der Waals surface area contributed by atoms with Crippen molar-refractivity contribution < 1.29 is 14.3 Å². The first-order valence-corrected chi connectivity index (χ1v) is 7.19. The van der Waals surface area contributed by atoms with Gasteiger partial charge in [-0.2, -0.15) is 0 Å². The zero-order valence-corrected chi connectivity index (χ0v) is 11.9. The molecule has 1 aliphatic carbocycles. The Kier molecular flexibility index (Phi) is 5.15. The Bertz CT molecular complexity index is 480. The van der Waals surface area contributed by atoms with Crippen LogP contribution in [0.15, 0.2) is 24.3 Å². The molecule has 0 unspecified atom stereocenters. The van der Waals surface area contributed by atoms with Gasteiger partial charge in [0.25, 0.3) is 0 Å². The van der Waals surface area contributed by atoms with Crippen molar-refractivity contribution in [2.75, 3.05) is 0 Å². The van der Waals surface area contributed by atoms with Crippen molar-refractivity contribution in [2.24, 2.45) is 11.7 Å². The maximum Gasteiger partial charge on any atom is 0.330 e. The standard InChI is InChI=1S/C15H18ClNO3/c16-12-7-5-10(6-8-12)9-13(17)15(19)20-14(18)11-3-1-2-4-11/h5-8,11,13H,1-4,9,17H2/t13-/m0/s1. The summed E-state index contributed by atoms with van der Waals surface area (Å²) < 4.78 is 4.86. The molecule has 20 heavy (non-hydrogen) atoms. The van der Waals surface area contributed by atoms with Crippen molar-refractivity contribution in [1.29, 1.82) is 0 Å². The van der Waals surface area contributed by atoms with E-state index in [1.165, 1.54) is 0 Å². The highest BCUT2D eigenvalue weighted by Gasteiger charge is 2.28. The zero-order chi connectivity index (χ0) is 14.5. The van der Waals surface area contributed by atoms with E-state index in [0.29, 0.717) is 11.4 Å². The summed E-state index contributed by atoms with van der Waals surface area (Å²) in [6.07, 6.45) is 3.97. The number of halogens is 1. The van der Waals surface area contributed by atoms with Crippen LogP contribution in [-0.4, -0.2) is 18.0 Å². The fourth-order valence-corrected chi connectivity index (χ4v) is 2.50. The molecule has 0 aromatic heterocycles. The van der Waals surface area contributed by atoms with Crippen molar-refractivity contribution in [2.45, 2.75) is 38.1 Å². The molecule has 1 saturated carbocycles. The van der Waals surface area contributed by atoms with Gasteiger partial charge < -0.3 is 10.5 Å². The van der Waals surface area contributed by atoms with Crippen molar-refractivity contribution in [3.8, 4) is 0 Å². The Morgan fingerprint density at radius 1 is 1.25 bits per heavy atom. The third-order valence-electron chi connectivity index (χ3n) is 3.56. The predicted molar refractivity (Wildman–Crippen MR) is 76.2 cm³/mol. The molecule has 5 heteroatoms. The largest absolute Gasteiger partial charge is 0.392 e. The molecule has 1 aliphatic rings. The quantitative estimate of drug-likeness (QED) is 0.684. The number of esters is 2. The lowest BCUT2D eigenvalue weighted by Gasteiger charge is -2.12. The molecule has 4 nitrogen and oxygen atoms in total. The number of carbonyl (C=O) groups excluding carboxylic acids is 2. The Balaban J connectivity index is 1.85. The summed E-state index contributed by atoms with van der Waals surface area (Å²) in [5.41, 5.74) is 6.66. The van der Waals surface area contributed by atoms with Crippen LogP contribution in [0.1, 0.15) is 31.2 Å². The number of ether oxygens (including phenoxy) is 1. The van der Waals surface area contributed by atoms with E-state index in [-0.39, 0.29) is 5.92 Å². The number of nitrogens with two attached hydrogens (primary N) is 1. The third kappa shape index (κ3) is 4.05. The minimum Gasteiger partial charge on any atom is -0.392 e. The average Bonchev–Trinajstić information content (AvgIpc) is 2.95. The summed E-state index contributed by atoms with van der Waals surface area (Å²) in [6, 6.07) is 6.24. The molecular weight excluding hydrogens is 278 g/mol. The first-order chi connectivity index (χ1) is 9.56. The summed E-state index contributed by atoms with van der Waals surface area (Å²) in [6.45, 7) is 0. The summed E-state index contributed by atoms with van der Waals surface area (Å²) in [4.78, 5) is 23.5. The Morgan fingerprint density at radius 3 is 2.45 bits per heavy atom. The van der Waals surface area contributed by atoms with E-state index in [1.54, 1.807) is 24.3 Å². The predicted octanol–water partition coefficient (Wildman–Crippen LogP) is 2.47. The number of hydrogen-bond acceptors (Lipinski definition) is 4. The fourth-order valence-electron chi connectivity index (χ4n) is 2.38. The SMILES string of the molecule is N[C@@H](Cc1ccc(Cl)cc1)C(=O)OC(=O)C1CCCC1. The second-order valence-corrected chi connectivity index (χ2v) is 5.60. The molecule has 0 spiro atoms. The van der Waals surface area contributed by atoms with Gasteiger partial charge in [0.15, 0.2) is 0 Å². The Labute approximate surface area is 123 Å². The average molecular weight is 296 g/mol. The topological polar surface area (TPSA) is 69.4 Å². The zero-order valence-electron chi connectivity index (χ0n) is 11.2. The lowest BCUT2D eigenvalue weighted by Crippen LogP contribution is -2.36. The van der Waals surface area contributed by atoms with E-state index in [1.807, 2.05) is 0 Å². The van der Waals surface area contributed by atoms with Gasteiger partial charge in [0.1, 0.15) is 6.04 Å². The normalized spacial score (nSPS) is 16.9. The minimum absolute atomic E-state index is 0.137. The van der Waals surface area contributed by atoms with Crippen molar-refractivity contribution in [3.05, 3.63) is 34.9 Å². The van der Waals surface area contributed by atoms with Crippen LogP contribution in [0.25, 0.3) is 0 Å². The molecular formula is C15H18ClNO3. The number of rotatable bonds is 4. The molecule has 0 saturated heterocycles. The van der Waals surface area contributed by atoms with E-state index in [0.717, 1.165) is 31.2 Å². The van der Waals surface area contributed by atoms with Gasteiger partial charge in [-0.05, 0) is 37.0 Å². The van der Waals surface area contributed by atoms with Crippen molar-refractivity contribution >= 4 is 23.5 Å². The van der Waals surface area contributed by atoms with Gasteiger partial charge in [-0.3, -0.25) is 4.79 Å². The van der Waals surface area contributed by atoms with E-state index in [9.17, 15) is 9.59 Å². The van der Waals surface area contributed by atoms with Crippen LogP contribution in [0, 0.1) is 5.92 Å². The molecule has 0 bridgehead atoms. The van der Waals surface area contributed by atoms with E-state index in [4.69, 9.17) is 22.1 Å². The smallest absolute Gasteiger partial charge is 0.330 e. The van der Waals surface area contributed by atoms with Gasteiger partial charge in [0.2, 0.25) is 0 Å². The molecule has 1 fully saturated rings. The number of carbonyl (C=O) groups is 2. The van der Waals surface area contributed by atoms with Gasteiger partial charge in [-0.25, -0.2) is 4.79 Å². The number of hydrogen-bond donors (Lipinski definition) is 1. The second-order valence-electron chi connectivity index (χ2n) is 5.16. The maximum absolute atomic E-state index is 11.8. The first kappa shape index (κ1) is 15.0. The van der Waals surface area contributed by atoms with Crippen LogP contribution in [0.2, 0.25) is 5.02 Å². The van der Waals surface area contributed by atoms with Gasteiger partial charge in [0.05, 0.1) is 5.92 Å². The molecule has 1 atom stereocenters. The molecule has 2 rings (SSSR count). The van der Waals surface area contributed by atoms with Crippen LogP contribution >= 0.6 is 11.6 Å². The highest BCUT2D eigenvalue weighted by molar-refractivity contribution is 6.30. The third-order valence-corrected chi connectivity index (χ3v) is 3.81. The number of benzene rings is 1. The van der Waals surface area contributed by atoms with E-state index >= 15 is 0 Å². The Hall–Kier alpha value is -1.39. The molecule has 1 aromatic rings. The molecule has 1 aromatic carbocycles. The van der Waals surface area contributed by atoms with Crippen LogP contribution in [0.5, 0.6) is 0 Å². The van der Waals surface area contributed by atoms with Gasteiger partial charge >= 0.3 is 11.9 Å². The minimum atomic E-state index is -0.832. The summed E-state index contributed by atoms with van der Waals surface area (Å²) >= 11 is 5.78. The second kappa shape index (κ2) is 6.86. The van der Waals surface area contributed by atoms with Gasteiger partial charge in [0, 0.05) is 5.02 Å². The Morgan fingerprint density at radius 2 is 1.85 bits per heavy atom. The van der Waals surface area contributed by atoms with Gasteiger partial charge in [-0.1, -0.05) is 36.6 Å². The van der Waals surface area contributed by atoms with Gasteiger partial charge in [-0.15, -0.1) is 0 Å².